The van der Waals surface area contributed by atoms with E-state index in [9.17, 15) is 9.59 Å². The predicted octanol–water partition coefficient (Wildman–Crippen LogP) is 1.61. The maximum Gasteiger partial charge on any atom is 0.227 e. The van der Waals surface area contributed by atoms with Gasteiger partial charge in [-0.2, -0.15) is 0 Å². The fraction of sp³-hybridized carbons (Fsp3) is 0.600. The van der Waals surface area contributed by atoms with Gasteiger partial charge in [-0.05, 0) is 23.6 Å². The summed E-state index contributed by atoms with van der Waals surface area (Å²) in [6.45, 7) is 9.55. The van der Waals surface area contributed by atoms with E-state index in [1.807, 2.05) is 12.1 Å². The van der Waals surface area contributed by atoms with Gasteiger partial charge in [0.25, 0.3) is 0 Å². The zero-order valence-corrected chi connectivity index (χ0v) is 15.7. The minimum Gasteiger partial charge on any atom is -0.379 e. The number of anilines is 1. The minimum absolute atomic E-state index is 0.0205. The van der Waals surface area contributed by atoms with Crippen molar-refractivity contribution in [1.82, 2.24) is 10.2 Å². The highest BCUT2D eigenvalue weighted by Crippen LogP contribution is 2.26. The van der Waals surface area contributed by atoms with Crippen molar-refractivity contribution in [2.45, 2.75) is 26.2 Å². The minimum atomic E-state index is -0.267. The number of morpholine rings is 1. The van der Waals surface area contributed by atoms with Crippen LogP contribution < -0.4 is 10.2 Å². The molecule has 0 saturated carbocycles. The van der Waals surface area contributed by atoms with Crippen molar-refractivity contribution in [3.05, 3.63) is 29.8 Å². The average Bonchev–Trinajstić information content (AvgIpc) is 3.04. The van der Waals surface area contributed by atoms with Gasteiger partial charge in [-0.3, -0.25) is 14.5 Å². The Balaban J connectivity index is 1.49. The van der Waals surface area contributed by atoms with Crippen LogP contribution in [0.2, 0.25) is 0 Å². The molecule has 1 N–H and O–H groups in total. The van der Waals surface area contributed by atoms with E-state index in [-0.39, 0.29) is 24.2 Å². The molecule has 3 rings (SSSR count). The van der Waals surface area contributed by atoms with Gasteiger partial charge in [0.2, 0.25) is 11.8 Å². The fourth-order valence-corrected chi connectivity index (χ4v) is 3.48. The summed E-state index contributed by atoms with van der Waals surface area (Å²) in [7, 11) is 0. The van der Waals surface area contributed by atoms with Gasteiger partial charge in [0, 0.05) is 44.8 Å². The first kappa shape index (κ1) is 18.9. The van der Waals surface area contributed by atoms with E-state index in [4.69, 9.17) is 4.74 Å². The van der Waals surface area contributed by atoms with E-state index in [0.29, 0.717) is 19.0 Å². The molecule has 2 fully saturated rings. The molecule has 2 saturated heterocycles. The van der Waals surface area contributed by atoms with Crippen molar-refractivity contribution >= 4 is 17.5 Å². The summed E-state index contributed by atoms with van der Waals surface area (Å²) in [4.78, 5) is 28.8. The Kier molecular flexibility index (Phi) is 6.27. The van der Waals surface area contributed by atoms with E-state index in [1.165, 1.54) is 5.56 Å². The topological polar surface area (TPSA) is 61.9 Å². The maximum atomic E-state index is 12.4. The van der Waals surface area contributed by atoms with Crippen LogP contribution in [0.5, 0.6) is 0 Å². The molecule has 6 heteroatoms. The zero-order valence-electron chi connectivity index (χ0n) is 15.7. The smallest absolute Gasteiger partial charge is 0.227 e. The van der Waals surface area contributed by atoms with Crippen molar-refractivity contribution in [1.29, 1.82) is 0 Å². The molecular weight excluding hydrogens is 330 g/mol. The molecule has 1 atom stereocenters. The Bertz CT molecular complexity index is 624. The lowest BCUT2D eigenvalue weighted by Crippen LogP contribution is -2.42. The van der Waals surface area contributed by atoms with Crippen LogP contribution in [-0.4, -0.2) is 62.7 Å². The van der Waals surface area contributed by atoms with Crippen LogP contribution in [0.4, 0.5) is 5.69 Å². The molecule has 2 heterocycles. The molecule has 1 aromatic rings. The van der Waals surface area contributed by atoms with Crippen LogP contribution in [0.3, 0.4) is 0 Å². The van der Waals surface area contributed by atoms with E-state index < -0.39 is 0 Å². The number of hydrogen-bond donors (Lipinski definition) is 1. The van der Waals surface area contributed by atoms with Crippen molar-refractivity contribution in [3.63, 3.8) is 0 Å². The lowest BCUT2D eigenvalue weighted by Gasteiger charge is -2.26. The van der Waals surface area contributed by atoms with Crippen LogP contribution in [0.1, 0.15) is 31.7 Å². The zero-order chi connectivity index (χ0) is 18.5. The Hall–Kier alpha value is -1.92. The second kappa shape index (κ2) is 8.64. The first-order valence-electron chi connectivity index (χ1n) is 9.52. The van der Waals surface area contributed by atoms with Crippen molar-refractivity contribution in [3.8, 4) is 0 Å². The van der Waals surface area contributed by atoms with Gasteiger partial charge in [0.1, 0.15) is 0 Å². The van der Waals surface area contributed by atoms with Gasteiger partial charge in [-0.15, -0.1) is 0 Å². The third kappa shape index (κ3) is 4.62. The summed E-state index contributed by atoms with van der Waals surface area (Å²) in [6.07, 6.45) is 0.287. The third-order valence-electron chi connectivity index (χ3n) is 5.20. The molecule has 0 radical (unpaired) electrons. The molecule has 1 unspecified atom stereocenters. The normalized spacial score (nSPS) is 21.4. The number of nitrogens with one attached hydrogen (secondary N) is 1. The fourth-order valence-electron chi connectivity index (χ4n) is 3.48. The van der Waals surface area contributed by atoms with Gasteiger partial charge in [0.05, 0.1) is 19.1 Å². The Labute approximate surface area is 155 Å². The highest BCUT2D eigenvalue weighted by Gasteiger charge is 2.35. The average molecular weight is 359 g/mol. The number of rotatable bonds is 6. The summed E-state index contributed by atoms with van der Waals surface area (Å²) in [6, 6.07) is 8.07. The third-order valence-corrected chi connectivity index (χ3v) is 5.20. The summed E-state index contributed by atoms with van der Waals surface area (Å²) < 4.78 is 5.32. The molecule has 26 heavy (non-hydrogen) atoms. The van der Waals surface area contributed by atoms with E-state index in [2.05, 4.69) is 36.2 Å². The lowest BCUT2D eigenvalue weighted by molar-refractivity contribution is -0.126. The standard InChI is InChI=1S/C20H29N3O3/c1-15(2)16-3-5-18(6-4-16)23-14-17(13-19(23)24)20(25)21-7-8-22-9-11-26-12-10-22/h3-6,15,17H,7-14H2,1-2H3,(H,21,25). The van der Waals surface area contributed by atoms with Crippen LogP contribution in [0, 0.1) is 5.92 Å². The number of carbonyl (C=O) groups is 2. The molecule has 0 aliphatic carbocycles. The lowest BCUT2D eigenvalue weighted by atomic mass is 10.0. The molecule has 2 aliphatic rings. The molecule has 6 nitrogen and oxygen atoms in total. The molecule has 0 aromatic heterocycles. The van der Waals surface area contributed by atoms with Crippen LogP contribution in [0.25, 0.3) is 0 Å². The number of carbonyl (C=O) groups excluding carboxylic acids is 2. The van der Waals surface area contributed by atoms with Crippen molar-refractivity contribution in [2.24, 2.45) is 5.92 Å². The molecule has 2 aliphatic heterocycles. The van der Waals surface area contributed by atoms with Crippen molar-refractivity contribution in [2.75, 3.05) is 50.8 Å². The second-order valence-corrected chi connectivity index (χ2v) is 7.40. The van der Waals surface area contributed by atoms with Gasteiger partial charge in [-0.1, -0.05) is 26.0 Å². The number of ether oxygens (including phenoxy) is 1. The van der Waals surface area contributed by atoms with Gasteiger partial charge in [-0.25, -0.2) is 0 Å². The van der Waals surface area contributed by atoms with Gasteiger partial charge < -0.3 is 15.0 Å². The highest BCUT2D eigenvalue weighted by atomic mass is 16.5. The SMILES string of the molecule is CC(C)c1ccc(N2CC(C(=O)NCCN3CCOCC3)CC2=O)cc1. The van der Waals surface area contributed by atoms with Crippen molar-refractivity contribution < 1.29 is 14.3 Å². The van der Waals surface area contributed by atoms with Crippen LogP contribution in [-0.2, 0) is 14.3 Å². The number of hydrogen-bond acceptors (Lipinski definition) is 4. The molecule has 2 amide bonds. The monoisotopic (exact) mass is 359 g/mol. The first-order chi connectivity index (χ1) is 12.5. The number of amides is 2. The molecular formula is C20H29N3O3. The Morgan fingerprint density at radius 3 is 2.58 bits per heavy atom. The van der Waals surface area contributed by atoms with E-state index in [1.54, 1.807) is 4.90 Å². The molecule has 0 bridgehead atoms. The summed E-state index contributed by atoms with van der Waals surface area (Å²) in [5.41, 5.74) is 2.13. The van der Waals surface area contributed by atoms with Crippen LogP contribution >= 0.6 is 0 Å². The number of nitrogens with zero attached hydrogens (tertiary/aromatic N) is 2. The summed E-state index contributed by atoms with van der Waals surface area (Å²) in [5, 5.41) is 2.99. The predicted molar refractivity (Wildman–Crippen MR) is 101 cm³/mol. The Morgan fingerprint density at radius 2 is 1.92 bits per heavy atom. The quantitative estimate of drug-likeness (QED) is 0.838. The molecule has 0 spiro atoms. The number of benzene rings is 1. The van der Waals surface area contributed by atoms with E-state index in [0.717, 1.165) is 38.5 Å². The molecule has 142 valence electrons. The molecule has 1 aromatic carbocycles. The van der Waals surface area contributed by atoms with Gasteiger partial charge in [0.15, 0.2) is 0 Å². The maximum absolute atomic E-state index is 12.4. The first-order valence-corrected chi connectivity index (χ1v) is 9.52. The second-order valence-electron chi connectivity index (χ2n) is 7.40. The largest absolute Gasteiger partial charge is 0.379 e. The van der Waals surface area contributed by atoms with E-state index >= 15 is 0 Å². The summed E-state index contributed by atoms with van der Waals surface area (Å²) in [5.74, 6) is 0.198. The highest BCUT2D eigenvalue weighted by molar-refractivity contribution is 6.00. The van der Waals surface area contributed by atoms with Crippen LogP contribution in [0.15, 0.2) is 24.3 Å². The summed E-state index contributed by atoms with van der Waals surface area (Å²) >= 11 is 0. The Morgan fingerprint density at radius 1 is 1.23 bits per heavy atom. The van der Waals surface area contributed by atoms with Gasteiger partial charge >= 0.3 is 0 Å².